The molecule has 0 aliphatic carbocycles. The van der Waals surface area contributed by atoms with E-state index in [0.29, 0.717) is 17.0 Å². The largest absolute Gasteiger partial charge is 0.495 e. The van der Waals surface area contributed by atoms with Gasteiger partial charge in [-0.1, -0.05) is 0 Å². The van der Waals surface area contributed by atoms with Crippen molar-refractivity contribution < 1.29 is 23.0 Å². The molecule has 1 atom stereocenters. The molecular weight excluding hydrogens is 449 g/mol. The molecule has 0 saturated heterocycles. The molecular formula is C22H30FN5O4S. The second kappa shape index (κ2) is 8.56. The molecule has 3 rings (SSSR count). The maximum absolute atomic E-state index is 15.0. The van der Waals surface area contributed by atoms with Gasteiger partial charge in [-0.05, 0) is 57.5 Å². The predicted octanol–water partition coefficient (Wildman–Crippen LogP) is 3.75. The average Bonchev–Trinajstić information content (AvgIpc) is 2.77. The number of halogens is 1. The average molecular weight is 480 g/mol. The van der Waals surface area contributed by atoms with Crippen LogP contribution in [0.3, 0.4) is 0 Å². The van der Waals surface area contributed by atoms with Crippen LogP contribution in [-0.2, 0) is 5.54 Å². The number of amides is 1. The number of ether oxygens (including phenoxy) is 1. The van der Waals surface area contributed by atoms with Crippen molar-refractivity contribution in [2.75, 3.05) is 26.0 Å². The van der Waals surface area contributed by atoms with E-state index in [-0.39, 0.29) is 23.6 Å². The molecule has 0 unspecified atom stereocenters. The molecule has 9 nitrogen and oxygen atoms in total. The molecule has 11 heteroatoms. The lowest BCUT2D eigenvalue weighted by molar-refractivity contribution is 0.102. The van der Waals surface area contributed by atoms with E-state index in [0.717, 1.165) is 0 Å². The number of pyridine rings is 1. The minimum atomic E-state index is -3.33. The monoisotopic (exact) mass is 479 g/mol. The number of rotatable bonds is 4. The van der Waals surface area contributed by atoms with Crippen LogP contribution < -0.4 is 15.8 Å². The van der Waals surface area contributed by atoms with Crippen molar-refractivity contribution in [3.8, 4) is 5.75 Å². The maximum Gasteiger partial charge on any atom is 0.274 e. The van der Waals surface area contributed by atoms with E-state index in [1.54, 1.807) is 33.8 Å². The standard InChI is InChI=1S/C22H30FN5O4S/c1-13-9-15(32-6)11-25-18(13)19(29)26-14-7-8-17(23)16(10-14)22(4)12-28(5)33(30,31)21(2,3)20(24)27-22/h7-11,30-31H,12H2,1-6H3,(H2,24,27)(H,26,29)/t22-/m0/s1. The van der Waals surface area contributed by atoms with Gasteiger partial charge in [0, 0.05) is 24.8 Å². The number of nitrogens with one attached hydrogen (secondary N) is 1. The van der Waals surface area contributed by atoms with E-state index in [4.69, 9.17) is 10.5 Å². The summed E-state index contributed by atoms with van der Waals surface area (Å²) in [6.45, 7) is 6.56. The third-order valence-corrected chi connectivity index (χ3v) is 8.52. The van der Waals surface area contributed by atoms with Gasteiger partial charge >= 0.3 is 0 Å². The Morgan fingerprint density at radius 2 is 1.97 bits per heavy atom. The van der Waals surface area contributed by atoms with Crippen LogP contribution in [0.1, 0.15) is 42.4 Å². The fourth-order valence-electron chi connectivity index (χ4n) is 3.74. The molecule has 0 saturated carbocycles. The molecule has 0 spiro atoms. The van der Waals surface area contributed by atoms with E-state index in [2.05, 4.69) is 15.3 Å². The first-order chi connectivity index (χ1) is 15.2. The van der Waals surface area contributed by atoms with Gasteiger partial charge in [0.2, 0.25) is 0 Å². The zero-order valence-electron chi connectivity index (χ0n) is 19.5. The van der Waals surface area contributed by atoms with Crippen LogP contribution >= 0.6 is 10.8 Å². The summed E-state index contributed by atoms with van der Waals surface area (Å²) in [5, 5.41) is 2.74. The summed E-state index contributed by atoms with van der Waals surface area (Å²) < 4.78 is 41.8. The van der Waals surface area contributed by atoms with E-state index >= 15 is 0 Å². The molecule has 5 N–H and O–H groups in total. The molecule has 1 aliphatic heterocycles. The SMILES string of the molecule is COc1cnc(C(=O)Nc2ccc(F)c([C@]3(C)CN(C)S(O)(O)C(C)(C)C(N)=N3)c2)c(C)c1. The van der Waals surface area contributed by atoms with Crippen molar-refractivity contribution in [2.45, 2.75) is 38.0 Å². The van der Waals surface area contributed by atoms with Gasteiger partial charge in [0.15, 0.2) is 0 Å². The molecule has 33 heavy (non-hydrogen) atoms. The fraction of sp³-hybridized carbons (Fsp3) is 0.409. The second-order valence-electron chi connectivity index (χ2n) is 8.78. The van der Waals surface area contributed by atoms with Gasteiger partial charge in [-0.25, -0.2) is 13.7 Å². The van der Waals surface area contributed by atoms with Crippen molar-refractivity contribution in [3.63, 3.8) is 0 Å². The number of aliphatic imine (C=N–C) groups is 1. The molecule has 1 aliphatic rings. The molecule has 1 amide bonds. The fourth-order valence-corrected chi connectivity index (χ4v) is 5.28. The zero-order valence-corrected chi connectivity index (χ0v) is 20.3. The summed E-state index contributed by atoms with van der Waals surface area (Å²) in [5.41, 5.74) is 6.24. The number of methoxy groups -OCH3 is 1. The smallest absolute Gasteiger partial charge is 0.274 e. The molecule has 2 aromatic rings. The summed E-state index contributed by atoms with van der Waals surface area (Å²) in [7, 11) is -0.282. The van der Waals surface area contributed by atoms with E-state index in [1.807, 2.05) is 0 Å². The highest BCUT2D eigenvalue weighted by atomic mass is 32.3. The van der Waals surface area contributed by atoms with Crippen LogP contribution in [0.25, 0.3) is 0 Å². The van der Waals surface area contributed by atoms with E-state index < -0.39 is 32.8 Å². The Hall–Kier alpha value is -2.73. The summed E-state index contributed by atoms with van der Waals surface area (Å²) in [5.74, 6) is -0.492. The first-order valence-corrected chi connectivity index (χ1v) is 11.7. The van der Waals surface area contributed by atoms with Crippen LogP contribution in [0.2, 0.25) is 0 Å². The number of nitrogens with zero attached hydrogens (tertiary/aromatic N) is 3. The highest BCUT2D eigenvalue weighted by molar-refractivity contribution is 8.24. The summed E-state index contributed by atoms with van der Waals surface area (Å²) in [6.07, 6.45) is 1.44. The second-order valence-corrected chi connectivity index (χ2v) is 11.5. The van der Waals surface area contributed by atoms with Crippen LogP contribution in [0.5, 0.6) is 5.75 Å². The quantitative estimate of drug-likeness (QED) is 0.525. The van der Waals surface area contributed by atoms with Gasteiger partial charge in [0.05, 0.1) is 13.3 Å². The number of aromatic nitrogens is 1. The van der Waals surface area contributed by atoms with E-state index in [9.17, 15) is 18.3 Å². The molecule has 0 fully saturated rings. The number of hydrogen-bond donors (Lipinski definition) is 4. The number of nitrogens with two attached hydrogens (primary N) is 1. The minimum Gasteiger partial charge on any atom is -0.495 e. The molecule has 0 bridgehead atoms. The molecule has 1 aromatic carbocycles. The lowest BCUT2D eigenvalue weighted by Gasteiger charge is -2.50. The number of carbonyl (C=O) groups is 1. The van der Waals surface area contributed by atoms with Crippen molar-refractivity contribution >= 4 is 28.2 Å². The Bertz CT molecular complexity index is 1120. The van der Waals surface area contributed by atoms with Gasteiger partial charge < -0.3 is 15.8 Å². The maximum atomic E-state index is 15.0. The molecule has 1 aromatic heterocycles. The Balaban J connectivity index is 1.99. The first-order valence-electron chi connectivity index (χ1n) is 10.2. The molecule has 2 heterocycles. The zero-order chi connectivity index (χ0) is 24.8. The van der Waals surface area contributed by atoms with Gasteiger partial charge in [0.1, 0.15) is 33.4 Å². The van der Waals surface area contributed by atoms with Crippen LogP contribution in [0.15, 0.2) is 35.5 Å². The normalized spacial score (nSPS) is 23.2. The third kappa shape index (κ3) is 4.41. The van der Waals surface area contributed by atoms with Gasteiger partial charge in [-0.15, -0.1) is 10.8 Å². The van der Waals surface area contributed by atoms with Crippen LogP contribution in [0, 0.1) is 12.7 Å². The number of anilines is 1. The number of amidine groups is 1. The third-order valence-electron chi connectivity index (χ3n) is 5.94. The highest BCUT2D eigenvalue weighted by Crippen LogP contribution is 2.57. The van der Waals surface area contributed by atoms with Gasteiger partial charge in [0.25, 0.3) is 5.91 Å². The summed E-state index contributed by atoms with van der Waals surface area (Å²) in [4.78, 5) is 21.5. The first kappa shape index (κ1) is 24.9. The number of hydrogen-bond acceptors (Lipinski definition) is 8. The van der Waals surface area contributed by atoms with Crippen molar-refractivity contribution in [1.82, 2.24) is 9.29 Å². The van der Waals surface area contributed by atoms with Gasteiger partial charge in [-0.3, -0.25) is 18.9 Å². The summed E-state index contributed by atoms with van der Waals surface area (Å²) >= 11 is 0. The predicted molar refractivity (Wildman–Crippen MR) is 128 cm³/mol. The summed E-state index contributed by atoms with van der Waals surface area (Å²) in [6, 6.07) is 5.83. The van der Waals surface area contributed by atoms with Crippen molar-refractivity contribution in [3.05, 3.63) is 53.1 Å². The Morgan fingerprint density at radius 1 is 1.30 bits per heavy atom. The Kier molecular flexibility index (Phi) is 6.46. The Labute approximate surface area is 194 Å². The number of carbonyl (C=O) groups excluding carboxylic acids is 1. The number of likely N-dealkylation sites (N-methyl/N-ethyl adjacent to an activating group) is 1. The minimum absolute atomic E-state index is 0.00115. The molecule has 180 valence electrons. The number of benzene rings is 1. The topological polar surface area (TPSA) is 133 Å². The van der Waals surface area contributed by atoms with Crippen molar-refractivity contribution in [1.29, 1.82) is 0 Å². The van der Waals surface area contributed by atoms with Crippen LogP contribution in [-0.4, -0.2) is 55.6 Å². The Morgan fingerprint density at radius 3 is 2.58 bits per heavy atom. The highest BCUT2D eigenvalue weighted by Gasteiger charge is 2.48. The van der Waals surface area contributed by atoms with Crippen molar-refractivity contribution in [2.24, 2.45) is 10.7 Å². The lowest BCUT2D eigenvalue weighted by Crippen LogP contribution is -2.46. The number of aryl methyl sites for hydroxylation is 1. The molecule has 0 radical (unpaired) electrons. The van der Waals surface area contributed by atoms with Gasteiger partial charge in [-0.2, -0.15) is 0 Å². The van der Waals surface area contributed by atoms with E-state index in [1.165, 1.54) is 42.9 Å². The van der Waals surface area contributed by atoms with Crippen LogP contribution in [0.4, 0.5) is 10.1 Å². The lowest BCUT2D eigenvalue weighted by atomic mass is 9.91.